The van der Waals surface area contributed by atoms with Crippen molar-refractivity contribution in [3.05, 3.63) is 37.1 Å². The molecule has 9 heteroatoms. The minimum atomic E-state index is -1.53. The fourth-order valence-electron chi connectivity index (χ4n) is 0.471. The zero-order chi connectivity index (χ0) is 21.7. The summed E-state index contributed by atoms with van der Waals surface area (Å²) in [5.41, 5.74) is -0.704. The first-order valence-corrected chi connectivity index (χ1v) is 7.70. The zero-order valence-electron chi connectivity index (χ0n) is 16.2. The van der Waals surface area contributed by atoms with E-state index in [4.69, 9.17) is 0 Å². The van der Waals surface area contributed by atoms with Crippen molar-refractivity contribution in [3.8, 4) is 0 Å². The number of hydrogen-bond donors (Lipinski definition) is 0. The normalized spacial score (nSPS) is 9.56. The summed E-state index contributed by atoms with van der Waals surface area (Å²) in [5, 5.41) is 38.8. The van der Waals surface area contributed by atoms with Crippen molar-refractivity contribution in [3.63, 3.8) is 0 Å². The molecular weight excluding hydrogens is 463 g/mol. The summed E-state index contributed by atoms with van der Waals surface area (Å²) < 4.78 is 0. The summed E-state index contributed by atoms with van der Waals surface area (Å²) in [5.74, 6) is -6.06. The minimum Gasteiger partial charge on any atom is -0.545 e. The molecule has 0 fully saturated rings. The number of carbonyl (C=O) groups excluding carboxylic acids is 4. The van der Waals surface area contributed by atoms with Crippen molar-refractivity contribution in [2.24, 2.45) is 0 Å². The number of aliphatic carboxylic acids is 4. The van der Waals surface area contributed by atoms with Gasteiger partial charge >= 0.3 is 23.9 Å². The van der Waals surface area contributed by atoms with Crippen LogP contribution in [0.5, 0.6) is 0 Å². The van der Waals surface area contributed by atoms with Gasteiger partial charge in [-0.15, -0.1) is 0 Å². The first kappa shape index (κ1) is 36.1. The second-order valence-corrected chi connectivity index (χ2v) is 4.57. The molecule has 0 aliphatic rings. The summed E-state index contributed by atoms with van der Waals surface area (Å²) >= 11 is 0. The van der Waals surface area contributed by atoms with Gasteiger partial charge in [0.2, 0.25) is 0 Å². The molecule has 0 unspecified atom stereocenters. The van der Waals surface area contributed by atoms with Crippen molar-refractivity contribution in [1.29, 1.82) is 0 Å². The van der Waals surface area contributed by atoms with Crippen LogP contribution in [0.15, 0.2) is 23.3 Å². The molecule has 150 valence electrons. The van der Waals surface area contributed by atoms with E-state index in [-0.39, 0.29) is 35.1 Å². The molecule has 0 aromatic rings. The maximum atomic E-state index is 9.76. The Morgan fingerprint density at radius 3 is 0.926 bits per heavy atom. The average Bonchev–Trinajstić information content (AvgIpc) is 2.54. The summed E-state index contributed by atoms with van der Waals surface area (Å²) in [6.45, 7) is 13.7. The van der Waals surface area contributed by atoms with Gasteiger partial charge in [0.25, 0.3) is 0 Å². The van der Waals surface area contributed by atoms with Crippen LogP contribution in [0, 0.1) is 13.8 Å². The quantitative estimate of drug-likeness (QED) is 0.298. The summed E-state index contributed by atoms with van der Waals surface area (Å²) in [6.07, 6.45) is 5.49. The maximum absolute atomic E-state index is 9.76. The molecule has 0 saturated heterocycles. The van der Waals surface area contributed by atoms with Crippen LogP contribution in [0.1, 0.15) is 53.4 Å². The molecule has 0 aliphatic carbocycles. The number of carboxylic acid groups (broad SMARTS) is 4. The molecule has 27 heavy (non-hydrogen) atoms. The van der Waals surface area contributed by atoms with Gasteiger partial charge in [0, 0.05) is 0 Å². The monoisotopic (exact) mass is 490 g/mol. The Kier molecular flexibility index (Phi) is 35.3. The molecule has 0 heterocycles. The third kappa shape index (κ3) is 45.4. The number of rotatable bonds is 6. The first-order valence-electron chi connectivity index (χ1n) is 7.70. The molecule has 0 rings (SSSR count). The molecule has 0 amide bonds. The van der Waals surface area contributed by atoms with Crippen molar-refractivity contribution >= 4 is 47.8 Å². The molecule has 0 spiro atoms. The Hall–Kier alpha value is -1.84. The van der Waals surface area contributed by atoms with Crippen LogP contribution >= 0.6 is 0 Å². The number of hydrogen-bond acceptors (Lipinski definition) is 8. The minimum absolute atomic E-state index is 0. The average molecular weight is 489 g/mol. The van der Waals surface area contributed by atoms with Crippen LogP contribution in [0.2, 0.25) is 0 Å². The summed E-state index contributed by atoms with van der Waals surface area (Å²) in [6, 6.07) is 0. The fourth-order valence-corrected chi connectivity index (χ4v) is 0.471. The third-order valence-corrected chi connectivity index (χ3v) is 2.02. The predicted octanol–water partition coefficient (Wildman–Crippen LogP) is -2.27. The molecule has 0 bridgehead atoms. The van der Waals surface area contributed by atoms with Gasteiger partial charge in [0.1, 0.15) is 0 Å². The van der Waals surface area contributed by atoms with Gasteiger partial charge in [-0.05, 0) is 37.1 Å². The maximum Gasteiger partial charge on any atom is 4.00 e. The van der Waals surface area contributed by atoms with Gasteiger partial charge in [-0.25, -0.2) is 0 Å². The van der Waals surface area contributed by atoms with E-state index >= 15 is 0 Å². The Labute approximate surface area is 177 Å². The molecule has 0 aromatic carbocycles. The second-order valence-electron chi connectivity index (χ2n) is 4.57. The van der Waals surface area contributed by atoms with Crippen molar-refractivity contribution in [1.82, 2.24) is 0 Å². The topological polar surface area (TPSA) is 161 Å². The van der Waals surface area contributed by atoms with E-state index in [9.17, 15) is 39.6 Å². The number of carboxylic acids is 4. The van der Waals surface area contributed by atoms with E-state index in [2.05, 4.69) is 27.7 Å². The van der Waals surface area contributed by atoms with E-state index in [1.807, 2.05) is 0 Å². The zero-order valence-corrected chi connectivity index (χ0v) is 19.0. The van der Waals surface area contributed by atoms with Crippen LogP contribution < -0.4 is 20.4 Å². The van der Waals surface area contributed by atoms with Crippen LogP contribution in [0.4, 0.5) is 0 Å². The molecular formula is C18H26O8Sn. The second kappa shape index (κ2) is 26.4. The van der Waals surface area contributed by atoms with E-state index < -0.39 is 23.9 Å². The van der Waals surface area contributed by atoms with Crippen LogP contribution in [0.3, 0.4) is 0 Å². The van der Waals surface area contributed by atoms with Crippen molar-refractivity contribution in [2.45, 2.75) is 53.4 Å². The Morgan fingerprint density at radius 1 is 0.704 bits per heavy atom. The van der Waals surface area contributed by atoms with E-state index in [1.54, 1.807) is 0 Å². The molecule has 0 saturated carbocycles. The molecule has 0 N–H and O–H groups in total. The summed E-state index contributed by atoms with van der Waals surface area (Å²) in [4.78, 5) is 38.8. The molecule has 0 atom stereocenters. The van der Waals surface area contributed by atoms with Gasteiger partial charge in [-0.2, -0.15) is 0 Å². The van der Waals surface area contributed by atoms with E-state index in [1.165, 1.54) is 12.8 Å². The standard InChI is InChI=1S/2C5H6O4.2C4H9.Sn/c2*1-3(5(8)9)2-4(6)7;2*1-3-4-2;/h2*2H,1H3,(H,6,7)(H,8,9);2*1,3-4H2,2H3;/q;;;;+4/p-4. The Bertz CT molecular complexity index is 434. The van der Waals surface area contributed by atoms with Crippen LogP contribution in [0.25, 0.3) is 0 Å². The van der Waals surface area contributed by atoms with Gasteiger partial charge in [-0.1, -0.05) is 53.4 Å². The molecule has 0 aromatic heterocycles. The fraction of sp³-hybridized carbons (Fsp3) is 0.444. The molecule has 8 nitrogen and oxygen atoms in total. The number of carbonyl (C=O) groups is 4. The van der Waals surface area contributed by atoms with Crippen molar-refractivity contribution < 1.29 is 39.6 Å². The largest absolute Gasteiger partial charge is 4.00 e. The van der Waals surface area contributed by atoms with Gasteiger partial charge < -0.3 is 39.6 Å². The van der Waals surface area contributed by atoms with Gasteiger partial charge in [-0.3, -0.25) is 0 Å². The Morgan fingerprint density at radius 2 is 0.889 bits per heavy atom. The smallest absolute Gasteiger partial charge is 0.545 e. The SMILES string of the molecule is CC(=CC(=O)[O-])C(=O)[O-].CC(=CC(=O)[O-])C(=O)[O-].[CH2]CCC.[CH2]CCC.[Sn+4]. The van der Waals surface area contributed by atoms with Crippen LogP contribution in [-0.2, 0) is 19.2 Å². The third-order valence-electron chi connectivity index (χ3n) is 2.02. The predicted molar refractivity (Wildman–Crippen MR) is 93.8 cm³/mol. The summed E-state index contributed by atoms with van der Waals surface area (Å²) in [7, 11) is 0. The van der Waals surface area contributed by atoms with E-state index in [0.29, 0.717) is 12.2 Å². The molecule has 0 aliphatic heterocycles. The molecule has 2 radical (unpaired) electrons. The van der Waals surface area contributed by atoms with Gasteiger partial charge in [0.15, 0.2) is 0 Å². The number of unbranched alkanes of at least 4 members (excludes halogenated alkanes) is 2. The first-order chi connectivity index (χ1) is 11.9. The van der Waals surface area contributed by atoms with Crippen molar-refractivity contribution in [2.75, 3.05) is 0 Å². The van der Waals surface area contributed by atoms with Gasteiger partial charge in [0.05, 0.1) is 23.9 Å². The Balaban J connectivity index is -0.0000000843. The van der Waals surface area contributed by atoms with Crippen LogP contribution in [-0.4, -0.2) is 47.8 Å². The van der Waals surface area contributed by atoms with E-state index in [0.717, 1.165) is 26.7 Å².